The highest BCUT2D eigenvalue weighted by molar-refractivity contribution is 6.26. The summed E-state index contributed by atoms with van der Waals surface area (Å²) in [6.07, 6.45) is 5.23. The maximum atomic E-state index is 14.5. The van der Waals surface area contributed by atoms with E-state index in [1.807, 2.05) is 42.5 Å². The maximum Gasteiger partial charge on any atom is 0.264 e. The van der Waals surface area contributed by atoms with Gasteiger partial charge in [0.2, 0.25) is 0 Å². The third kappa shape index (κ3) is 4.15. The molecule has 0 amide bonds. The molecule has 1 heterocycles. The van der Waals surface area contributed by atoms with Crippen LogP contribution in [0.25, 0.3) is 81.9 Å². The van der Waals surface area contributed by atoms with Gasteiger partial charge in [-0.2, -0.15) is 0 Å². The number of pyridine rings is 1. The van der Waals surface area contributed by atoms with Crippen LogP contribution in [0, 0.1) is 0 Å². The molecular formula is C43H29NO. The summed E-state index contributed by atoms with van der Waals surface area (Å²) in [5.74, 6) is 0. The van der Waals surface area contributed by atoms with E-state index < -0.39 is 0 Å². The Balaban J connectivity index is 1.51. The van der Waals surface area contributed by atoms with Crippen LogP contribution in [0.15, 0.2) is 170 Å². The number of aromatic nitrogens is 1. The van der Waals surface area contributed by atoms with Crippen molar-refractivity contribution in [1.29, 1.82) is 0 Å². The summed E-state index contributed by atoms with van der Waals surface area (Å²) in [5.41, 5.74) is 5.49. The lowest BCUT2D eigenvalue weighted by Crippen LogP contribution is -2.20. The first-order valence-corrected chi connectivity index (χ1v) is 15.1. The third-order valence-electron chi connectivity index (χ3n) is 8.91. The molecule has 0 aliphatic rings. The lowest BCUT2D eigenvalue weighted by atomic mass is 9.89. The highest BCUT2D eigenvalue weighted by Gasteiger charge is 2.19. The van der Waals surface area contributed by atoms with Gasteiger partial charge in [0, 0.05) is 11.1 Å². The van der Waals surface area contributed by atoms with E-state index in [2.05, 4.69) is 110 Å². The number of fused-ring (bicyclic) bond motifs is 9. The Morgan fingerprint density at radius 2 is 1.07 bits per heavy atom. The molecule has 0 fully saturated rings. The Kier molecular flexibility index (Phi) is 6.28. The van der Waals surface area contributed by atoms with Crippen LogP contribution in [0.4, 0.5) is 0 Å². The summed E-state index contributed by atoms with van der Waals surface area (Å²) in [6, 6.07) is 46.7. The van der Waals surface area contributed by atoms with E-state index >= 15 is 0 Å². The van der Waals surface area contributed by atoms with Crippen molar-refractivity contribution in [3.05, 3.63) is 175 Å². The molecule has 8 aromatic rings. The molecule has 0 radical (unpaired) electrons. The van der Waals surface area contributed by atoms with Gasteiger partial charge < -0.3 is 0 Å². The zero-order chi connectivity index (χ0) is 30.5. The first kappa shape index (κ1) is 26.6. The van der Waals surface area contributed by atoms with Gasteiger partial charge in [-0.3, -0.25) is 9.36 Å². The van der Waals surface area contributed by atoms with Gasteiger partial charge in [-0.1, -0.05) is 128 Å². The van der Waals surface area contributed by atoms with Crippen LogP contribution in [0.5, 0.6) is 0 Å². The maximum absolute atomic E-state index is 14.5. The number of nitrogens with zero attached hydrogens (tertiary/aromatic N) is 1. The summed E-state index contributed by atoms with van der Waals surface area (Å²) >= 11 is 0. The minimum absolute atomic E-state index is 0.0851. The molecule has 45 heavy (non-hydrogen) atoms. The number of hydrogen-bond acceptors (Lipinski definition) is 1. The monoisotopic (exact) mass is 575 g/mol. The van der Waals surface area contributed by atoms with E-state index in [4.69, 9.17) is 0 Å². The molecule has 0 saturated heterocycles. The number of allylic oxidation sites excluding steroid dienone is 4. The molecule has 2 heteroatoms. The fourth-order valence-electron chi connectivity index (χ4n) is 6.91. The molecule has 0 aliphatic carbocycles. The van der Waals surface area contributed by atoms with Crippen molar-refractivity contribution in [2.75, 3.05) is 0 Å². The Hall–Kier alpha value is -5.99. The lowest BCUT2D eigenvalue weighted by molar-refractivity contribution is 1.10. The highest BCUT2D eigenvalue weighted by Crippen LogP contribution is 2.40. The fourth-order valence-corrected chi connectivity index (χ4v) is 6.91. The second-order valence-corrected chi connectivity index (χ2v) is 11.4. The van der Waals surface area contributed by atoms with E-state index in [9.17, 15) is 4.79 Å². The summed E-state index contributed by atoms with van der Waals surface area (Å²) in [7, 11) is 0. The van der Waals surface area contributed by atoms with Crippen molar-refractivity contribution < 1.29 is 0 Å². The Morgan fingerprint density at radius 1 is 0.511 bits per heavy atom. The normalized spacial score (nSPS) is 12.0. The highest BCUT2D eigenvalue weighted by atomic mass is 16.1. The van der Waals surface area contributed by atoms with Crippen molar-refractivity contribution in [3.63, 3.8) is 0 Å². The molecule has 1 aromatic heterocycles. The predicted octanol–water partition coefficient (Wildman–Crippen LogP) is 11.2. The molecular weight excluding hydrogens is 546 g/mol. The average molecular weight is 576 g/mol. The van der Waals surface area contributed by atoms with Crippen molar-refractivity contribution in [3.8, 4) is 22.3 Å². The Morgan fingerprint density at radius 3 is 1.71 bits per heavy atom. The molecule has 212 valence electrons. The topological polar surface area (TPSA) is 22.0 Å². The van der Waals surface area contributed by atoms with E-state index in [1.54, 1.807) is 16.7 Å². The Bertz CT molecular complexity index is 2550. The standard InChI is InChI=1S/C43H29NO/c1-3-14-31(4-2)44-41-22-13-12-21-37(41)40-27-30(26-38(42(40)43(44)45)28-15-6-5-7-16-28)29-23-24-36-34-19-9-8-17-32(34)33-18-10-11-20-35(33)39(36)25-29/h3-27H,1-2H2/b31-14+. The first-order chi connectivity index (χ1) is 22.2. The van der Waals surface area contributed by atoms with Crippen LogP contribution in [-0.4, -0.2) is 4.57 Å². The third-order valence-corrected chi connectivity index (χ3v) is 8.91. The van der Waals surface area contributed by atoms with Crippen LogP contribution < -0.4 is 5.56 Å². The molecule has 0 N–H and O–H groups in total. The van der Waals surface area contributed by atoms with Gasteiger partial charge in [0.25, 0.3) is 5.56 Å². The van der Waals surface area contributed by atoms with Gasteiger partial charge in [-0.15, -0.1) is 0 Å². The summed E-state index contributed by atoms with van der Waals surface area (Å²) in [5, 5.41) is 10.0. The molecule has 2 nitrogen and oxygen atoms in total. The van der Waals surface area contributed by atoms with Gasteiger partial charge in [0.15, 0.2) is 0 Å². The van der Waals surface area contributed by atoms with Gasteiger partial charge >= 0.3 is 0 Å². The van der Waals surface area contributed by atoms with Gasteiger partial charge in [0.05, 0.1) is 10.9 Å². The smallest absolute Gasteiger partial charge is 0.264 e. The molecule has 0 bridgehead atoms. The molecule has 7 aromatic carbocycles. The SMILES string of the molecule is C=C/C=C(\C=C)n1c(=O)c2c(-c3ccccc3)cc(-c3ccc4c5ccccc5c5ccccc5c4c3)cc2c2ccccc21. The predicted molar refractivity (Wildman–Crippen MR) is 194 cm³/mol. The molecule has 0 aliphatic heterocycles. The average Bonchev–Trinajstić information content (AvgIpc) is 3.11. The molecule has 0 unspecified atom stereocenters. The number of hydrogen-bond donors (Lipinski definition) is 0. The second kappa shape index (κ2) is 10.6. The van der Waals surface area contributed by atoms with Gasteiger partial charge in [0.1, 0.15) is 0 Å². The first-order valence-electron chi connectivity index (χ1n) is 15.1. The molecule has 8 rings (SSSR count). The second-order valence-electron chi connectivity index (χ2n) is 11.4. The van der Waals surface area contributed by atoms with E-state index in [-0.39, 0.29) is 5.56 Å². The van der Waals surface area contributed by atoms with E-state index in [0.717, 1.165) is 38.5 Å². The molecule has 0 saturated carbocycles. The van der Waals surface area contributed by atoms with Crippen LogP contribution >= 0.6 is 0 Å². The minimum atomic E-state index is -0.0851. The lowest BCUT2D eigenvalue weighted by Gasteiger charge is -2.18. The zero-order valence-corrected chi connectivity index (χ0v) is 24.7. The Labute approximate surface area is 261 Å². The minimum Gasteiger partial charge on any atom is -0.276 e. The van der Waals surface area contributed by atoms with Crippen LogP contribution in [0.3, 0.4) is 0 Å². The van der Waals surface area contributed by atoms with Crippen LogP contribution in [-0.2, 0) is 0 Å². The van der Waals surface area contributed by atoms with E-state index in [0.29, 0.717) is 11.1 Å². The summed E-state index contributed by atoms with van der Waals surface area (Å²) < 4.78 is 1.76. The number of benzene rings is 7. The number of rotatable bonds is 5. The largest absolute Gasteiger partial charge is 0.276 e. The zero-order valence-electron chi connectivity index (χ0n) is 24.7. The van der Waals surface area contributed by atoms with Gasteiger partial charge in [-0.25, -0.2) is 0 Å². The van der Waals surface area contributed by atoms with Crippen molar-refractivity contribution in [2.24, 2.45) is 0 Å². The fraction of sp³-hybridized carbons (Fsp3) is 0. The molecule has 0 atom stereocenters. The van der Waals surface area contributed by atoms with Crippen LogP contribution in [0.2, 0.25) is 0 Å². The van der Waals surface area contributed by atoms with Gasteiger partial charge in [-0.05, 0) is 96.4 Å². The summed E-state index contributed by atoms with van der Waals surface area (Å²) in [6.45, 7) is 7.88. The van der Waals surface area contributed by atoms with Crippen LogP contribution in [0.1, 0.15) is 0 Å². The van der Waals surface area contributed by atoms with E-state index in [1.165, 1.54) is 32.3 Å². The van der Waals surface area contributed by atoms with Crippen molar-refractivity contribution >= 4 is 59.7 Å². The summed E-state index contributed by atoms with van der Waals surface area (Å²) in [4.78, 5) is 14.5. The molecule has 0 spiro atoms. The van der Waals surface area contributed by atoms with Crippen molar-refractivity contribution in [2.45, 2.75) is 0 Å². The quantitative estimate of drug-likeness (QED) is 0.148. The van der Waals surface area contributed by atoms with Crippen molar-refractivity contribution in [1.82, 2.24) is 4.57 Å². The number of para-hydroxylation sites is 1.